The lowest BCUT2D eigenvalue weighted by atomic mass is 9.96. The molecule has 0 saturated carbocycles. The topological polar surface area (TPSA) is 35.4 Å². The number of furan rings is 1. The molecule has 0 fully saturated rings. The first-order valence-electron chi connectivity index (χ1n) is 20.0. The van der Waals surface area contributed by atoms with Crippen molar-refractivity contribution >= 4 is 105 Å². The minimum Gasteiger partial charge on any atom is -0.456 e. The molecule has 0 bridgehead atoms. The summed E-state index contributed by atoms with van der Waals surface area (Å²) >= 11 is 0. The fraction of sp³-hybridized carbons (Fsp3) is 0.0556. The van der Waals surface area contributed by atoms with Crippen LogP contribution in [0.3, 0.4) is 0 Å². The lowest BCUT2D eigenvalue weighted by Gasteiger charge is -2.21. The molecule has 4 nitrogen and oxygen atoms in total. The molecule has 0 unspecified atom stereocenters. The molecule has 1 aliphatic rings. The third kappa shape index (κ3) is 4.85. The SMILES string of the molecule is C=C(/C(=N\c1ccccc1C)n1c2c(c3c4ccccc4ccc31)C=C(n1c3ccccc3c3cc4ccccc4cc31)CC2)c1ccc2oc3ccccc3c2c1. The Kier molecular flexibility index (Phi) is 7.09. The van der Waals surface area contributed by atoms with Gasteiger partial charge in [-0.15, -0.1) is 0 Å². The number of benzene rings is 8. The van der Waals surface area contributed by atoms with Gasteiger partial charge in [-0.1, -0.05) is 122 Å². The van der Waals surface area contributed by atoms with E-state index in [4.69, 9.17) is 16.0 Å². The van der Waals surface area contributed by atoms with E-state index in [-0.39, 0.29) is 0 Å². The normalized spacial score (nSPS) is 13.4. The zero-order valence-electron chi connectivity index (χ0n) is 32.0. The number of para-hydroxylation sites is 3. The number of hydrogen-bond acceptors (Lipinski definition) is 2. The van der Waals surface area contributed by atoms with E-state index in [1.807, 2.05) is 12.1 Å². The summed E-state index contributed by atoms with van der Waals surface area (Å²) in [4.78, 5) is 5.56. The molecule has 0 atom stereocenters. The Labute approximate surface area is 334 Å². The quantitative estimate of drug-likeness (QED) is 0.131. The summed E-state index contributed by atoms with van der Waals surface area (Å²) in [5.74, 6) is 0.822. The number of aromatic nitrogens is 2. The van der Waals surface area contributed by atoms with Crippen LogP contribution in [0.25, 0.3) is 93.5 Å². The summed E-state index contributed by atoms with van der Waals surface area (Å²) in [6.45, 7) is 6.97. The lowest BCUT2D eigenvalue weighted by Crippen LogP contribution is -2.18. The highest BCUT2D eigenvalue weighted by Crippen LogP contribution is 2.43. The molecule has 0 radical (unpaired) electrons. The van der Waals surface area contributed by atoms with Gasteiger partial charge in [-0.25, -0.2) is 4.99 Å². The van der Waals surface area contributed by atoms with Crippen LogP contribution in [0.1, 0.15) is 28.8 Å². The van der Waals surface area contributed by atoms with E-state index in [9.17, 15) is 0 Å². The monoisotopic (exact) mass is 743 g/mol. The summed E-state index contributed by atoms with van der Waals surface area (Å²) in [6, 6.07) is 58.6. The van der Waals surface area contributed by atoms with Crippen LogP contribution in [0, 0.1) is 6.92 Å². The summed E-state index contributed by atoms with van der Waals surface area (Å²) in [6.07, 6.45) is 4.15. The van der Waals surface area contributed by atoms with E-state index in [0.717, 1.165) is 68.5 Å². The fourth-order valence-corrected chi connectivity index (χ4v) is 9.51. The van der Waals surface area contributed by atoms with E-state index in [1.54, 1.807) is 0 Å². The van der Waals surface area contributed by atoms with Gasteiger partial charge < -0.3 is 8.98 Å². The molecule has 3 aromatic heterocycles. The molecule has 1 aliphatic carbocycles. The van der Waals surface area contributed by atoms with Gasteiger partial charge in [0.15, 0.2) is 0 Å². The first kappa shape index (κ1) is 32.8. The standard InChI is InChI=1S/C54H37N3O/c1-33-13-3-10-20-46(33)55-54(34(2)36-24-28-52-44(29-36)42-19-9-12-22-51(42)58-52)57-48-27-25-39(32-45(48)53-40-17-7-6-14-35(40)23-26-49(53)57)56-47-21-11-8-18-41(47)43-30-37-15-4-5-16-38(37)31-50(43)56/h3-24,26,28-32H,2,25,27H2,1H3/b55-54+. The third-order valence-corrected chi connectivity index (χ3v) is 12.3. The predicted molar refractivity (Wildman–Crippen MR) is 245 cm³/mol. The number of nitrogens with zero attached hydrogens (tertiary/aromatic N) is 3. The molecule has 0 N–H and O–H groups in total. The van der Waals surface area contributed by atoms with E-state index in [0.29, 0.717) is 0 Å². The maximum Gasteiger partial charge on any atom is 0.145 e. The molecule has 12 rings (SSSR count). The zero-order valence-corrected chi connectivity index (χ0v) is 32.0. The first-order chi connectivity index (χ1) is 28.6. The minimum absolute atomic E-state index is 0.822. The second kappa shape index (κ2) is 12.5. The van der Waals surface area contributed by atoms with Crippen LogP contribution in [0.4, 0.5) is 5.69 Å². The van der Waals surface area contributed by atoms with Crippen LogP contribution in [-0.2, 0) is 6.42 Å². The number of aryl methyl sites for hydroxylation is 1. The summed E-state index contributed by atoms with van der Waals surface area (Å²) < 4.78 is 11.2. The molecule has 4 heteroatoms. The molecular weight excluding hydrogens is 707 g/mol. The predicted octanol–water partition coefficient (Wildman–Crippen LogP) is 14.5. The smallest absolute Gasteiger partial charge is 0.145 e. The summed E-state index contributed by atoms with van der Waals surface area (Å²) in [5.41, 5.74) is 13.0. The Balaban J connectivity index is 1.14. The van der Waals surface area contributed by atoms with Gasteiger partial charge in [0, 0.05) is 49.5 Å². The van der Waals surface area contributed by atoms with Crippen molar-refractivity contribution in [3.8, 4) is 0 Å². The molecule has 0 aliphatic heterocycles. The molecule has 0 spiro atoms. The molecule has 8 aromatic carbocycles. The summed E-state index contributed by atoms with van der Waals surface area (Å²) in [7, 11) is 0. The van der Waals surface area contributed by atoms with Gasteiger partial charge in [0.2, 0.25) is 0 Å². The van der Waals surface area contributed by atoms with E-state index < -0.39 is 0 Å². The van der Waals surface area contributed by atoms with Gasteiger partial charge in [-0.3, -0.25) is 4.57 Å². The highest BCUT2D eigenvalue weighted by Gasteiger charge is 2.28. The molecule has 3 heterocycles. The number of rotatable bonds is 4. The van der Waals surface area contributed by atoms with Crippen molar-refractivity contribution < 1.29 is 4.42 Å². The molecule has 274 valence electrons. The zero-order chi connectivity index (χ0) is 38.5. The Morgan fingerprint density at radius 3 is 2.14 bits per heavy atom. The van der Waals surface area contributed by atoms with Crippen molar-refractivity contribution in [3.05, 3.63) is 193 Å². The van der Waals surface area contributed by atoms with Crippen LogP contribution in [0.5, 0.6) is 0 Å². The van der Waals surface area contributed by atoms with Crippen molar-refractivity contribution in [1.29, 1.82) is 0 Å². The molecule has 0 saturated heterocycles. The number of hydrogen-bond donors (Lipinski definition) is 0. The van der Waals surface area contributed by atoms with Crippen molar-refractivity contribution in [3.63, 3.8) is 0 Å². The first-order valence-corrected chi connectivity index (χ1v) is 20.0. The molecule has 58 heavy (non-hydrogen) atoms. The number of fused-ring (bicyclic) bond motifs is 12. The largest absolute Gasteiger partial charge is 0.456 e. The van der Waals surface area contributed by atoms with Gasteiger partial charge in [-0.2, -0.15) is 0 Å². The molecule has 11 aromatic rings. The fourth-order valence-electron chi connectivity index (χ4n) is 9.51. The van der Waals surface area contributed by atoms with Crippen LogP contribution in [0.15, 0.2) is 180 Å². The second-order valence-corrected chi connectivity index (χ2v) is 15.6. The minimum atomic E-state index is 0.822. The van der Waals surface area contributed by atoms with Gasteiger partial charge in [0.1, 0.15) is 17.0 Å². The van der Waals surface area contributed by atoms with Crippen molar-refractivity contribution in [1.82, 2.24) is 9.13 Å². The Morgan fingerprint density at radius 1 is 0.569 bits per heavy atom. The van der Waals surface area contributed by atoms with Gasteiger partial charge in [-0.05, 0) is 107 Å². The average Bonchev–Trinajstić information content (AvgIpc) is 3.92. The van der Waals surface area contributed by atoms with Gasteiger partial charge in [0.25, 0.3) is 0 Å². The van der Waals surface area contributed by atoms with E-state index in [2.05, 4.69) is 174 Å². The van der Waals surface area contributed by atoms with Crippen LogP contribution >= 0.6 is 0 Å². The van der Waals surface area contributed by atoms with Crippen LogP contribution < -0.4 is 0 Å². The molecule has 0 amide bonds. The van der Waals surface area contributed by atoms with Crippen molar-refractivity contribution in [2.24, 2.45) is 4.99 Å². The van der Waals surface area contributed by atoms with Crippen LogP contribution in [-0.4, -0.2) is 15.0 Å². The number of aliphatic imine (C=N–C) groups is 1. The highest BCUT2D eigenvalue weighted by atomic mass is 16.3. The lowest BCUT2D eigenvalue weighted by molar-refractivity contribution is 0.669. The maximum atomic E-state index is 6.25. The maximum absolute atomic E-state index is 6.25. The highest BCUT2D eigenvalue weighted by molar-refractivity contribution is 6.28. The third-order valence-electron chi connectivity index (χ3n) is 12.3. The Morgan fingerprint density at radius 2 is 1.28 bits per heavy atom. The van der Waals surface area contributed by atoms with E-state index >= 15 is 0 Å². The summed E-state index contributed by atoms with van der Waals surface area (Å²) in [5, 5.41) is 10.9. The average molecular weight is 744 g/mol. The van der Waals surface area contributed by atoms with E-state index in [1.165, 1.54) is 65.7 Å². The van der Waals surface area contributed by atoms with Crippen molar-refractivity contribution in [2.45, 2.75) is 19.8 Å². The van der Waals surface area contributed by atoms with Crippen molar-refractivity contribution in [2.75, 3.05) is 0 Å². The second-order valence-electron chi connectivity index (χ2n) is 15.6. The van der Waals surface area contributed by atoms with Crippen LogP contribution in [0.2, 0.25) is 0 Å². The Bertz CT molecular complexity index is 3600. The molecular formula is C54H37N3O. The number of allylic oxidation sites excluding steroid dienone is 2. The van der Waals surface area contributed by atoms with Gasteiger partial charge >= 0.3 is 0 Å². The Hall–Kier alpha value is -7.43. The van der Waals surface area contributed by atoms with Gasteiger partial charge in [0.05, 0.1) is 22.2 Å².